The average Bonchev–Trinajstić information content (AvgIpc) is 2.89. The summed E-state index contributed by atoms with van der Waals surface area (Å²) in [6.45, 7) is 10.2. The Kier molecular flexibility index (Phi) is 2.47. The molecule has 5 aliphatic rings. The van der Waals surface area contributed by atoms with E-state index in [1.54, 1.807) is 0 Å². The number of hydrogen-bond donors (Lipinski definition) is 1. The number of ether oxygens (including phenoxy) is 1. The molecule has 4 bridgehead atoms. The lowest BCUT2D eigenvalue weighted by Crippen LogP contribution is -2.53. The van der Waals surface area contributed by atoms with Gasteiger partial charge in [-0.25, -0.2) is 0 Å². The first-order valence-electron chi connectivity index (χ1n) is 9.02. The fraction of sp³-hybridized carbons (Fsp3) is 0.700. The van der Waals surface area contributed by atoms with Gasteiger partial charge in [0.1, 0.15) is 0 Å². The largest absolute Gasteiger partial charge is 0.391 e. The van der Waals surface area contributed by atoms with Crippen LogP contribution in [-0.2, 0) is 14.3 Å². The molecule has 2 heterocycles. The third kappa shape index (κ3) is 1.27. The number of aliphatic hydroxyl groups is 1. The standard InChI is InChI=1S/C20H24O4/c1-9-10-5-6-13-19(4)15-11(18(2,3)8-12(15)21)7-14(24-19)20(13,16(9)22)17(10)23/h10,13-14,17,23H,1,5-8H2,2-4H3. The van der Waals surface area contributed by atoms with Crippen LogP contribution in [0, 0.1) is 22.7 Å². The van der Waals surface area contributed by atoms with Crippen LogP contribution in [0.3, 0.4) is 0 Å². The van der Waals surface area contributed by atoms with Gasteiger partial charge in [-0.3, -0.25) is 9.59 Å². The third-order valence-corrected chi connectivity index (χ3v) is 7.82. The second kappa shape index (κ2) is 3.94. The molecule has 0 amide bonds. The molecule has 0 aromatic heterocycles. The Bertz CT molecular complexity index is 760. The number of rotatable bonds is 0. The predicted octanol–water partition coefficient (Wildman–Crippen LogP) is 2.36. The monoisotopic (exact) mass is 328 g/mol. The van der Waals surface area contributed by atoms with E-state index in [9.17, 15) is 14.7 Å². The average molecular weight is 328 g/mol. The maximum absolute atomic E-state index is 13.2. The van der Waals surface area contributed by atoms with Crippen LogP contribution in [0.2, 0.25) is 0 Å². The van der Waals surface area contributed by atoms with Crippen LogP contribution in [0.4, 0.5) is 0 Å². The molecular formula is C20H24O4. The van der Waals surface area contributed by atoms with Crippen molar-refractivity contribution < 1.29 is 19.4 Å². The molecule has 0 radical (unpaired) electrons. The van der Waals surface area contributed by atoms with Crippen LogP contribution >= 0.6 is 0 Å². The summed E-state index contributed by atoms with van der Waals surface area (Å²) in [6, 6.07) is 0. The SMILES string of the molecule is C=C1C(=O)C23C4CC5=C(C(=O)CC5(C)C)C(C)(O4)C2CCC1C3O. The quantitative estimate of drug-likeness (QED) is 0.693. The third-order valence-electron chi connectivity index (χ3n) is 7.82. The number of fused-ring (bicyclic) bond motifs is 5. The van der Waals surface area contributed by atoms with Crippen LogP contribution < -0.4 is 0 Å². The zero-order chi connectivity index (χ0) is 17.2. The van der Waals surface area contributed by atoms with Gasteiger partial charge >= 0.3 is 0 Å². The first-order valence-corrected chi connectivity index (χ1v) is 9.02. The van der Waals surface area contributed by atoms with Crippen LogP contribution in [0.5, 0.6) is 0 Å². The van der Waals surface area contributed by atoms with Gasteiger partial charge in [-0.1, -0.05) is 26.0 Å². The summed E-state index contributed by atoms with van der Waals surface area (Å²) in [6.07, 6.45) is 1.62. The van der Waals surface area contributed by atoms with Crippen molar-refractivity contribution in [3.8, 4) is 0 Å². The van der Waals surface area contributed by atoms with Crippen LogP contribution in [0.1, 0.15) is 46.5 Å². The van der Waals surface area contributed by atoms with E-state index in [0.29, 0.717) is 18.4 Å². The lowest BCUT2D eigenvalue weighted by Gasteiger charge is -2.42. The smallest absolute Gasteiger partial charge is 0.170 e. The molecular weight excluding hydrogens is 304 g/mol. The highest BCUT2D eigenvalue weighted by Gasteiger charge is 2.77. The van der Waals surface area contributed by atoms with Crippen LogP contribution in [0.15, 0.2) is 23.3 Å². The van der Waals surface area contributed by atoms with E-state index in [2.05, 4.69) is 20.4 Å². The number of hydrogen-bond acceptors (Lipinski definition) is 4. The molecule has 2 saturated carbocycles. The van der Waals surface area contributed by atoms with Crippen LogP contribution in [0.25, 0.3) is 0 Å². The Morgan fingerprint density at radius 2 is 1.92 bits per heavy atom. The molecule has 6 unspecified atom stereocenters. The molecule has 1 N–H and O–H groups in total. The van der Waals surface area contributed by atoms with Crippen molar-refractivity contribution >= 4 is 11.6 Å². The second-order valence-corrected chi connectivity index (χ2v) is 9.22. The fourth-order valence-corrected chi connectivity index (χ4v) is 6.84. The van der Waals surface area contributed by atoms with Crippen molar-refractivity contribution in [2.45, 2.75) is 64.3 Å². The summed E-state index contributed by atoms with van der Waals surface area (Å²) < 4.78 is 6.42. The first-order chi connectivity index (χ1) is 11.2. The van der Waals surface area contributed by atoms with E-state index in [-0.39, 0.29) is 34.9 Å². The van der Waals surface area contributed by atoms with Gasteiger partial charge in [0, 0.05) is 23.8 Å². The zero-order valence-corrected chi connectivity index (χ0v) is 14.5. The summed E-state index contributed by atoms with van der Waals surface area (Å²) in [5.41, 5.74) is 0.717. The molecule has 6 atom stereocenters. The van der Waals surface area contributed by atoms with E-state index in [1.807, 2.05) is 6.92 Å². The zero-order valence-electron chi connectivity index (χ0n) is 14.5. The molecule has 3 fully saturated rings. The minimum Gasteiger partial charge on any atom is -0.391 e. The number of aliphatic hydroxyl groups excluding tert-OH is 1. The number of Topliss-reactive ketones (excluding diaryl/α,β-unsaturated/α-hetero) is 2. The summed E-state index contributed by atoms with van der Waals surface area (Å²) in [7, 11) is 0. The van der Waals surface area contributed by atoms with Crippen molar-refractivity contribution in [2.24, 2.45) is 22.7 Å². The maximum atomic E-state index is 13.2. The number of carbonyl (C=O) groups excluding carboxylic acids is 2. The molecule has 4 heteroatoms. The van der Waals surface area contributed by atoms with Gasteiger partial charge in [-0.05, 0) is 37.2 Å². The van der Waals surface area contributed by atoms with Gasteiger partial charge in [0.05, 0.1) is 23.2 Å². The van der Waals surface area contributed by atoms with E-state index >= 15 is 0 Å². The summed E-state index contributed by atoms with van der Waals surface area (Å²) in [5, 5.41) is 11.1. The lowest BCUT2D eigenvalue weighted by molar-refractivity contribution is -0.137. The summed E-state index contributed by atoms with van der Waals surface area (Å²) >= 11 is 0. The maximum Gasteiger partial charge on any atom is 0.170 e. The van der Waals surface area contributed by atoms with E-state index in [1.165, 1.54) is 0 Å². The Labute approximate surface area is 141 Å². The minimum absolute atomic E-state index is 0.0114. The molecule has 1 saturated heterocycles. The van der Waals surface area contributed by atoms with Gasteiger partial charge in [0.15, 0.2) is 11.6 Å². The predicted molar refractivity (Wildman–Crippen MR) is 87.1 cm³/mol. The summed E-state index contributed by atoms with van der Waals surface area (Å²) in [5.74, 6) is -0.117. The van der Waals surface area contributed by atoms with E-state index in [4.69, 9.17) is 4.74 Å². The molecule has 1 spiro atoms. The highest BCUT2D eigenvalue weighted by atomic mass is 16.5. The normalized spacial score (nSPS) is 51.2. The van der Waals surface area contributed by atoms with Gasteiger partial charge < -0.3 is 9.84 Å². The fourth-order valence-electron chi connectivity index (χ4n) is 6.84. The molecule has 4 nitrogen and oxygen atoms in total. The van der Waals surface area contributed by atoms with Crippen molar-refractivity contribution in [3.63, 3.8) is 0 Å². The highest BCUT2D eigenvalue weighted by Crippen LogP contribution is 2.70. The van der Waals surface area contributed by atoms with Gasteiger partial charge in [-0.2, -0.15) is 0 Å². The van der Waals surface area contributed by atoms with Gasteiger partial charge in [0.2, 0.25) is 0 Å². The molecule has 3 aliphatic carbocycles. The topological polar surface area (TPSA) is 63.6 Å². The Morgan fingerprint density at radius 1 is 1.21 bits per heavy atom. The Balaban J connectivity index is 1.75. The molecule has 24 heavy (non-hydrogen) atoms. The van der Waals surface area contributed by atoms with Crippen LogP contribution in [-0.4, -0.2) is 34.5 Å². The molecule has 0 aromatic rings. The van der Waals surface area contributed by atoms with Crippen molar-refractivity contribution in [2.75, 3.05) is 0 Å². The van der Waals surface area contributed by atoms with Crippen molar-refractivity contribution in [1.82, 2.24) is 0 Å². The minimum atomic E-state index is -0.893. The van der Waals surface area contributed by atoms with Crippen molar-refractivity contribution in [3.05, 3.63) is 23.3 Å². The molecule has 0 aromatic carbocycles. The summed E-state index contributed by atoms with van der Waals surface area (Å²) in [4.78, 5) is 26.0. The van der Waals surface area contributed by atoms with Gasteiger partial charge in [0.25, 0.3) is 0 Å². The number of carbonyl (C=O) groups is 2. The highest BCUT2D eigenvalue weighted by molar-refractivity contribution is 6.07. The molecule has 2 aliphatic heterocycles. The Hall–Kier alpha value is -1.26. The second-order valence-electron chi connectivity index (χ2n) is 9.22. The van der Waals surface area contributed by atoms with Crippen molar-refractivity contribution in [1.29, 1.82) is 0 Å². The molecule has 128 valence electrons. The lowest BCUT2D eigenvalue weighted by atomic mass is 9.59. The van der Waals surface area contributed by atoms with E-state index in [0.717, 1.165) is 24.0 Å². The Morgan fingerprint density at radius 3 is 2.62 bits per heavy atom. The van der Waals surface area contributed by atoms with E-state index < -0.39 is 17.1 Å². The first kappa shape index (κ1) is 15.0. The van der Waals surface area contributed by atoms with Gasteiger partial charge in [-0.15, -0.1) is 0 Å². The number of ketones is 2. The molecule has 5 rings (SSSR count).